The molecule has 0 bridgehead atoms. The van der Waals surface area contributed by atoms with Gasteiger partial charge in [0.25, 0.3) is 0 Å². The number of hydrogen-bond acceptors (Lipinski definition) is 3. The van der Waals surface area contributed by atoms with Crippen LogP contribution in [0.25, 0.3) is 0 Å². The van der Waals surface area contributed by atoms with Crippen LogP contribution in [0.3, 0.4) is 0 Å². The standard InChI is InChI=1S/C20H28ClN3O/c1-23-14-20(8-10-22-11-9-20)12-18(23)19(25)24(17-6-7-17)13-15-2-4-16(21)5-3-15/h2-5,17-18,22H,6-14H2,1H3. The predicted octanol–water partition coefficient (Wildman–Crippen LogP) is 2.90. The van der Waals surface area contributed by atoms with E-state index in [0.29, 0.717) is 23.9 Å². The van der Waals surface area contributed by atoms with Gasteiger partial charge in [-0.15, -0.1) is 0 Å². The lowest BCUT2D eigenvalue weighted by Crippen LogP contribution is -2.45. The highest BCUT2D eigenvalue weighted by atomic mass is 35.5. The summed E-state index contributed by atoms with van der Waals surface area (Å²) in [4.78, 5) is 17.8. The fourth-order valence-corrected chi connectivity index (χ4v) is 4.74. The van der Waals surface area contributed by atoms with Crippen LogP contribution >= 0.6 is 11.6 Å². The van der Waals surface area contributed by atoms with Crippen molar-refractivity contribution in [3.8, 4) is 0 Å². The van der Waals surface area contributed by atoms with Crippen molar-refractivity contribution in [1.82, 2.24) is 15.1 Å². The van der Waals surface area contributed by atoms with Crippen molar-refractivity contribution < 1.29 is 4.79 Å². The second-order valence-electron chi connectivity index (χ2n) is 8.21. The van der Waals surface area contributed by atoms with Crippen molar-refractivity contribution in [2.75, 3.05) is 26.7 Å². The number of carbonyl (C=O) groups is 1. The number of piperidine rings is 1. The first kappa shape index (κ1) is 17.3. The Morgan fingerprint density at radius 3 is 2.60 bits per heavy atom. The third-order valence-electron chi connectivity index (χ3n) is 6.23. The highest BCUT2D eigenvalue weighted by Crippen LogP contribution is 2.42. The molecule has 1 unspecified atom stereocenters. The third-order valence-corrected chi connectivity index (χ3v) is 6.48. The minimum absolute atomic E-state index is 0.0472. The molecule has 1 N–H and O–H groups in total. The number of carbonyl (C=O) groups excluding carboxylic acids is 1. The van der Waals surface area contributed by atoms with Gasteiger partial charge in [-0.3, -0.25) is 9.69 Å². The number of halogens is 1. The summed E-state index contributed by atoms with van der Waals surface area (Å²) < 4.78 is 0. The van der Waals surface area contributed by atoms with Gasteiger partial charge in [0.05, 0.1) is 6.04 Å². The van der Waals surface area contributed by atoms with E-state index in [9.17, 15) is 4.79 Å². The van der Waals surface area contributed by atoms with Gasteiger partial charge >= 0.3 is 0 Å². The topological polar surface area (TPSA) is 35.6 Å². The molecule has 5 heteroatoms. The van der Waals surface area contributed by atoms with E-state index in [2.05, 4.69) is 22.2 Å². The highest BCUT2D eigenvalue weighted by molar-refractivity contribution is 6.30. The molecule has 1 saturated carbocycles. The molecule has 1 amide bonds. The van der Waals surface area contributed by atoms with E-state index in [1.807, 2.05) is 24.3 Å². The maximum atomic E-state index is 13.4. The van der Waals surface area contributed by atoms with E-state index in [-0.39, 0.29) is 6.04 Å². The minimum atomic E-state index is 0.0472. The van der Waals surface area contributed by atoms with Crippen LogP contribution in [0.5, 0.6) is 0 Å². The zero-order chi connectivity index (χ0) is 17.4. The Hall–Kier alpha value is -1.10. The molecule has 1 aromatic rings. The van der Waals surface area contributed by atoms with Crippen molar-refractivity contribution in [2.24, 2.45) is 5.41 Å². The number of likely N-dealkylation sites (tertiary alicyclic amines) is 1. The first-order valence-electron chi connectivity index (χ1n) is 9.52. The Morgan fingerprint density at radius 2 is 1.96 bits per heavy atom. The third kappa shape index (κ3) is 3.71. The molecule has 136 valence electrons. The lowest BCUT2D eigenvalue weighted by Gasteiger charge is -2.33. The summed E-state index contributed by atoms with van der Waals surface area (Å²) in [5.74, 6) is 0.329. The zero-order valence-electron chi connectivity index (χ0n) is 15.0. The summed E-state index contributed by atoms with van der Waals surface area (Å²) in [6, 6.07) is 8.39. The largest absolute Gasteiger partial charge is 0.334 e. The second-order valence-corrected chi connectivity index (χ2v) is 8.65. The molecule has 0 aromatic heterocycles. The molecule has 4 rings (SSSR count). The predicted molar refractivity (Wildman–Crippen MR) is 101 cm³/mol. The van der Waals surface area contributed by atoms with Crippen LogP contribution in [0.4, 0.5) is 0 Å². The molecule has 2 heterocycles. The van der Waals surface area contributed by atoms with Gasteiger partial charge in [0.2, 0.25) is 5.91 Å². The second kappa shape index (κ2) is 6.90. The number of likely N-dealkylation sites (N-methyl/N-ethyl adjacent to an activating group) is 1. The Kier molecular flexibility index (Phi) is 4.78. The Morgan fingerprint density at radius 1 is 1.28 bits per heavy atom. The minimum Gasteiger partial charge on any atom is -0.334 e. The molecular weight excluding hydrogens is 334 g/mol. The first-order chi connectivity index (χ1) is 12.1. The van der Waals surface area contributed by atoms with Gasteiger partial charge in [-0.1, -0.05) is 23.7 Å². The molecule has 1 aromatic carbocycles. The molecule has 3 aliphatic rings. The van der Waals surface area contributed by atoms with Gasteiger partial charge in [0.15, 0.2) is 0 Å². The Balaban J connectivity index is 1.48. The van der Waals surface area contributed by atoms with E-state index in [1.54, 1.807) is 0 Å². The average Bonchev–Trinajstić information content (AvgIpc) is 3.39. The molecule has 4 nitrogen and oxygen atoms in total. The monoisotopic (exact) mass is 361 g/mol. The summed E-state index contributed by atoms with van der Waals surface area (Å²) in [5, 5.41) is 4.21. The normalized spacial score (nSPS) is 26.1. The van der Waals surface area contributed by atoms with Gasteiger partial charge in [0.1, 0.15) is 0 Å². The van der Waals surface area contributed by atoms with Gasteiger partial charge < -0.3 is 10.2 Å². The lowest BCUT2D eigenvalue weighted by molar-refractivity contribution is -0.136. The summed E-state index contributed by atoms with van der Waals surface area (Å²) in [7, 11) is 2.13. The van der Waals surface area contributed by atoms with Gasteiger partial charge in [-0.2, -0.15) is 0 Å². The van der Waals surface area contributed by atoms with Crippen LogP contribution in [0.15, 0.2) is 24.3 Å². The summed E-state index contributed by atoms with van der Waals surface area (Å²) >= 11 is 6.00. The number of nitrogens with one attached hydrogen (secondary N) is 1. The first-order valence-corrected chi connectivity index (χ1v) is 9.90. The van der Waals surface area contributed by atoms with Gasteiger partial charge in [-0.25, -0.2) is 0 Å². The number of amides is 1. The van der Waals surface area contributed by atoms with Crippen LogP contribution in [-0.2, 0) is 11.3 Å². The molecule has 1 spiro atoms. The molecular formula is C20H28ClN3O. The number of benzene rings is 1. The van der Waals surface area contributed by atoms with Crippen molar-refractivity contribution in [2.45, 2.75) is 50.7 Å². The van der Waals surface area contributed by atoms with Crippen molar-refractivity contribution in [3.05, 3.63) is 34.9 Å². The molecule has 1 atom stereocenters. The van der Waals surface area contributed by atoms with Crippen molar-refractivity contribution in [1.29, 1.82) is 0 Å². The molecule has 2 saturated heterocycles. The molecule has 1 aliphatic carbocycles. The number of rotatable bonds is 4. The van der Waals surface area contributed by atoms with E-state index < -0.39 is 0 Å². The van der Waals surface area contributed by atoms with Crippen LogP contribution in [0.2, 0.25) is 5.02 Å². The summed E-state index contributed by atoms with van der Waals surface area (Å²) in [5.41, 5.74) is 1.51. The van der Waals surface area contributed by atoms with Crippen molar-refractivity contribution in [3.63, 3.8) is 0 Å². The fourth-order valence-electron chi connectivity index (χ4n) is 4.62. The van der Waals surface area contributed by atoms with Gasteiger partial charge in [0, 0.05) is 24.2 Å². The fraction of sp³-hybridized carbons (Fsp3) is 0.650. The van der Waals surface area contributed by atoms with Crippen LogP contribution in [-0.4, -0.2) is 54.5 Å². The maximum Gasteiger partial charge on any atom is 0.240 e. The maximum absolute atomic E-state index is 13.4. The van der Waals surface area contributed by atoms with Crippen molar-refractivity contribution >= 4 is 17.5 Å². The Bertz CT molecular complexity index is 622. The van der Waals surface area contributed by atoms with Crippen LogP contribution in [0, 0.1) is 5.41 Å². The quantitative estimate of drug-likeness (QED) is 0.895. The van der Waals surface area contributed by atoms with E-state index in [1.165, 1.54) is 18.4 Å². The zero-order valence-corrected chi connectivity index (χ0v) is 15.8. The number of nitrogens with zero attached hydrogens (tertiary/aromatic N) is 2. The van der Waals surface area contributed by atoms with E-state index in [4.69, 9.17) is 11.6 Å². The SMILES string of the molecule is CN1CC2(CCNCC2)CC1C(=O)N(Cc1ccc(Cl)cc1)C1CC1. The smallest absolute Gasteiger partial charge is 0.240 e. The van der Waals surface area contributed by atoms with Crippen LogP contribution < -0.4 is 5.32 Å². The summed E-state index contributed by atoms with van der Waals surface area (Å²) in [6.45, 7) is 3.95. The molecule has 25 heavy (non-hydrogen) atoms. The Labute approximate surface area is 155 Å². The molecule has 3 fully saturated rings. The lowest BCUT2D eigenvalue weighted by atomic mass is 9.77. The van der Waals surface area contributed by atoms with E-state index in [0.717, 1.165) is 43.9 Å². The molecule has 0 radical (unpaired) electrons. The van der Waals surface area contributed by atoms with E-state index >= 15 is 0 Å². The van der Waals surface area contributed by atoms with Crippen LogP contribution in [0.1, 0.15) is 37.7 Å². The van der Waals surface area contributed by atoms with Gasteiger partial charge in [-0.05, 0) is 75.4 Å². The highest BCUT2D eigenvalue weighted by Gasteiger charge is 2.48. The average molecular weight is 362 g/mol. The number of hydrogen-bond donors (Lipinski definition) is 1. The summed E-state index contributed by atoms with van der Waals surface area (Å²) in [6.07, 6.45) is 5.70. The molecule has 2 aliphatic heterocycles.